The summed E-state index contributed by atoms with van der Waals surface area (Å²) in [4.78, 5) is 0. The number of aliphatic hydroxyl groups excluding tert-OH is 1. The third-order valence-electron chi connectivity index (χ3n) is 3.74. The van der Waals surface area contributed by atoms with Crippen LogP contribution >= 0.6 is 0 Å². The molecule has 17 heavy (non-hydrogen) atoms. The van der Waals surface area contributed by atoms with Crippen LogP contribution in [0.25, 0.3) is 0 Å². The van der Waals surface area contributed by atoms with Crippen LogP contribution < -0.4 is 5.32 Å². The Kier molecular flexibility index (Phi) is 3.43. The Morgan fingerprint density at radius 2 is 2.06 bits per heavy atom. The number of hydrogen-bond donors (Lipinski definition) is 2. The first kappa shape index (κ1) is 12.4. The molecule has 0 aromatic heterocycles. The zero-order chi connectivity index (χ0) is 12.5. The quantitative estimate of drug-likeness (QED) is 0.833. The third kappa shape index (κ3) is 3.01. The lowest BCUT2D eigenvalue weighted by Crippen LogP contribution is -2.18. The molecular weight excluding hydrogens is 210 g/mol. The van der Waals surface area contributed by atoms with Crippen molar-refractivity contribution in [2.75, 3.05) is 5.32 Å². The highest BCUT2D eigenvalue weighted by atomic mass is 16.3. The number of rotatable bonds is 3. The standard InChI is InChI=1S/C15H23NO/c1-11(17)13-6-4-5-7-14(13)16-12-8-9-15(2,3)10-12/h4-7,11-12,16-17H,8-10H2,1-3H3. The van der Waals surface area contributed by atoms with Crippen molar-refractivity contribution in [2.24, 2.45) is 5.41 Å². The zero-order valence-electron chi connectivity index (χ0n) is 11.0. The number of para-hydroxylation sites is 1. The van der Waals surface area contributed by atoms with Crippen LogP contribution in [0, 0.1) is 5.41 Å². The molecule has 0 bridgehead atoms. The molecule has 2 rings (SSSR count). The lowest BCUT2D eigenvalue weighted by Gasteiger charge is -2.21. The van der Waals surface area contributed by atoms with E-state index in [4.69, 9.17) is 0 Å². The Morgan fingerprint density at radius 3 is 2.65 bits per heavy atom. The van der Waals surface area contributed by atoms with Crippen LogP contribution in [0.2, 0.25) is 0 Å². The maximum Gasteiger partial charge on any atom is 0.0781 e. The molecule has 1 saturated carbocycles. The summed E-state index contributed by atoms with van der Waals surface area (Å²) in [6.07, 6.45) is 3.30. The Hall–Kier alpha value is -1.02. The van der Waals surface area contributed by atoms with E-state index < -0.39 is 6.10 Å². The number of nitrogens with one attached hydrogen (secondary N) is 1. The van der Waals surface area contributed by atoms with Gasteiger partial charge in [0.2, 0.25) is 0 Å². The fourth-order valence-electron chi connectivity index (χ4n) is 2.77. The van der Waals surface area contributed by atoms with Gasteiger partial charge in [0.15, 0.2) is 0 Å². The number of aliphatic hydroxyl groups is 1. The van der Waals surface area contributed by atoms with Crippen molar-refractivity contribution in [1.82, 2.24) is 0 Å². The molecule has 2 N–H and O–H groups in total. The second kappa shape index (κ2) is 4.69. The molecule has 1 fully saturated rings. The van der Waals surface area contributed by atoms with Gasteiger partial charge in [-0.05, 0) is 37.7 Å². The molecule has 0 heterocycles. The molecule has 2 nitrogen and oxygen atoms in total. The summed E-state index contributed by atoms with van der Waals surface area (Å²) >= 11 is 0. The zero-order valence-corrected chi connectivity index (χ0v) is 11.0. The lowest BCUT2D eigenvalue weighted by atomic mass is 9.92. The molecule has 1 aromatic rings. The van der Waals surface area contributed by atoms with Gasteiger partial charge in [0, 0.05) is 17.3 Å². The summed E-state index contributed by atoms with van der Waals surface area (Å²) in [6.45, 7) is 6.48. The summed E-state index contributed by atoms with van der Waals surface area (Å²) in [5, 5.41) is 13.3. The summed E-state index contributed by atoms with van der Waals surface area (Å²) in [6, 6.07) is 8.60. The van der Waals surface area contributed by atoms with Gasteiger partial charge in [0.05, 0.1) is 6.10 Å². The van der Waals surface area contributed by atoms with Gasteiger partial charge in [-0.15, -0.1) is 0 Å². The van der Waals surface area contributed by atoms with E-state index >= 15 is 0 Å². The molecule has 0 radical (unpaired) electrons. The smallest absolute Gasteiger partial charge is 0.0781 e. The Bertz CT molecular complexity index is 384. The molecule has 0 aliphatic heterocycles. The van der Waals surface area contributed by atoms with Crippen LogP contribution in [0.5, 0.6) is 0 Å². The van der Waals surface area contributed by atoms with Crippen LogP contribution in [-0.2, 0) is 0 Å². The fourth-order valence-corrected chi connectivity index (χ4v) is 2.77. The predicted octanol–water partition coefficient (Wildman–Crippen LogP) is 3.73. The van der Waals surface area contributed by atoms with E-state index in [1.807, 2.05) is 25.1 Å². The van der Waals surface area contributed by atoms with Gasteiger partial charge >= 0.3 is 0 Å². The van der Waals surface area contributed by atoms with Gasteiger partial charge in [-0.25, -0.2) is 0 Å². The maximum atomic E-state index is 9.74. The van der Waals surface area contributed by atoms with Crippen molar-refractivity contribution in [2.45, 2.75) is 52.2 Å². The van der Waals surface area contributed by atoms with Crippen molar-refractivity contribution < 1.29 is 5.11 Å². The average Bonchev–Trinajstić information content (AvgIpc) is 2.58. The van der Waals surface area contributed by atoms with Gasteiger partial charge in [-0.1, -0.05) is 32.0 Å². The van der Waals surface area contributed by atoms with Crippen LogP contribution in [0.4, 0.5) is 5.69 Å². The van der Waals surface area contributed by atoms with E-state index in [-0.39, 0.29) is 0 Å². The summed E-state index contributed by atoms with van der Waals surface area (Å²) in [5.41, 5.74) is 2.54. The van der Waals surface area contributed by atoms with Crippen LogP contribution in [0.15, 0.2) is 24.3 Å². The van der Waals surface area contributed by atoms with Crippen LogP contribution in [-0.4, -0.2) is 11.1 Å². The molecule has 1 aliphatic rings. The first-order valence-corrected chi connectivity index (χ1v) is 6.51. The number of benzene rings is 1. The minimum atomic E-state index is -0.409. The second-order valence-electron chi connectivity index (χ2n) is 6.01. The first-order chi connectivity index (χ1) is 7.98. The average molecular weight is 233 g/mol. The van der Waals surface area contributed by atoms with Crippen molar-refractivity contribution in [3.05, 3.63) is 29.8 Å². The molecular formula is C15H23NO. The predicted molar refractivity (Wildman–Crippen MR) is 72.1 cm³/mol. The monoisotopic (exact) mass is 233 g/mol. The Morgan fingerprint density at radius 1 is 1.35 bits per heavy atom. The van der Waals surface area contributed by atoms with E-state index in [0.29, 0.717) is 11.5 Å². The molecule has 94 valence electrons. The largest absolute Gasteiger partial charge is 0.389 e. The van der Waals surface area contributed by atoms with Gasteiger partial charge in [0.1, 0.15) is 0 Å². The first-order valence-electron chi connectivity index (χ1n) is 6.51. The topological polar surface area (TPSA) is 32.3 Å². The Balaban J connectivity index is 2.09. The van der Waals surface area contributed by atoms with E-state index in [0.717, 1.165) is 11.3 Å². The van der Waals surface area contributed by atoms with Crippen molar-refractivity contribution >= 4 is 5.69 Å². The highest BCUT2D eigenvalue weighted by Crippen LogP contribution is 2.38. The van der Waals surface area contributed by atoms with Gasteiger partial charge in [-0.2, -0.15) is 0 Å². The highest BCUT2D eigenvalue weighted by Gasteiger charge is 2.31. The fraction of sp³-hybridized carbons (Fsp3) is 0.600. The molecule has 2 unspecified atom stereocenters. The third-order valence-corrected chi connectivity index (χ3v) is 3.74. The van der Waals surface area contributed by atoms with Gasteiger partial charge in [-0.3, -0.25) is 0 Å². The van der Waals surface area contributed by atoms with Gasteiger partial charge in [0.25, 0.3) is 0 Å². The molecule has 2 heteroatoms. The van der Waals surface area contributed by atoms with Crippen LogP contribution in [0.3, 0.4) is 0 Å². The number of hydrogen-bond acceptors (Lipinski definition) is 2. The molecule has 0 spiro atoms. The second-order valence-corrected chi connectivity index (χ2v) is 6.01. The normalized spacial score (nSPS) is 24.6. The molecule has 2 atom stereocenters. The van der Waals surface area contributed by atoms with Crippen molar-refractivity contribution in [1.29, 1.82) is 0 Å². The molecule has 0 amide bonds. The van der Waals surface area contributed by atoms with Crippen molar-refractivity contribution in [3.63, 3.8) is 0 Å². The lowest BCUT2D eigenvalue weighted by molar-refractivity contribution is 0.200. The van der Waals surface area contributed by atoms with E-state index in [2.05, 4.69) is 25.2 Å². The minimum Gasteiger partial charge on any atom is -0.389 e. The van der Waals surface area contributed by atoms with Gasteiger partial charge < -0.3 is 10.4 Å². The van der Waals surface area contributed by atoms with Crippen LogP contribution in [0.1, 0.15) is 51.7 Å². The van der Waals surface area contributed by atoms with Crippen molar-refractivity contribution in [3.8, 4) is 0 Å². The van der Waals surface area contributed by atoms with E-state index in [9.17, 15) is 5.11 Å². The summed E-state index contributed by atoms with van der Waals surface area (Å²) < 4.78 is 0. The minimum absolute atomic E-state index is 0.409. The SMILES string of the molecule is CC(O)c1ccccc1NC1CCC(C)(C)C1. The Labute approximate surface area is 104 Å². The molecule has 1 aliphatic carbocycles. The highest BCUT2D eigenvalue weighted by molar-refractivity contribution is 5.52. The summed E-state index contributed by atoms with van der Waals surface area (Å²) in [5.74, 6) is 0. The van der Waals surface area contributed by atoms with E-state index in [1.165, 1.54) is 19.3 Å². The molecule has 0 saturated heterocycles. The van der Waals surface area contributed by atoms with E-state index in [1.54, 1.807) is 0 Å². The molecule has 1 aromatic carbocycles. The number of anilines is 1. The maximum absolute atomic E-state index is 9.74. The summed E-state index contributed by atoms with van der Waals surface area (Å²) in [7, 11) is 0.